The largest absolute Gasteiger partial charge is 0.0622 e. The maximum atomic E-state index is 2.28. The summed E-state index contributed by atoms with van der Waals surface area (Å²) in [6.45, 7) is 2.14. The Balaban J connectivity index is 1.86. The topological polar surface area (TPSA) is 0 Å². The third kappa shape index (κ3) is 3.39. The van der Waals surface area contributed by atoms with E-state index in [0.717, 1.165) is 0 Å². The highest BCUT2D eigenvalue weighted by molar-refractivity contribution is 5.94. The molecular weight excluding hydrogens is 300 g/mol. The van der Waals surface area contributed by atoms with Gasteiger partial charge in [-0.05, 0) is 52.1 Å². The molecule has 4 aromatic carbocycles. The van der Waals surface area contributed by atoms with Crippen molar-refractivity contribution >= 4 is 22.4 Å². The zero-order valence-electron chi connectivity index (χ0n) is 14.3. The van der Waals surface area contributed by atoms with Crippen LogP contribution in [0, 0.1) is 6.92 Å². The summed E-state index contributed by atoms with van der Waals surface area (Å²) >= 11 is 0. The maximum absolute atomic E-state index is 2.28. The van der Waals surface area contributed by atoms with Crippen molar-refractivity contribution < 1.29 is 0 Å². The average Bonchev–Trinajstić information content (AvgIpc) is 2.67. The van der Waals surface area contributed by atoms with E-state index >= 15 is 0 Å². The van der Waals surface area contributed by atoms with Crippen molar-refractivity contribution in [2.45, 2.75) is 6.92 Å². The average molecular weight is 320 g/mol. The summed E-state index contributed by atoms with van der Waals surface area (Å²) < 4.78 is 0. The van der Waals surface area contributed by atoms with Crippen LogP contribution >= 0.6 is 0 Å². The first-order chi connectivity index (χ1) is 12.3. The smallest absolute Gasteiger partial charge is 0.0105 e. The van der Waals surface area contributed by atoms with Gasteiger partial charge in [-0.3, -0.25) is 0 Å². The Kier molecular flexibility index (Phi) is 4.18. The van der Waals surface area contributed by atoms with Crippen LogP contribution in [0.3, 0.4) is 0 Å². The van der Waals surface area contributed by atoms with E-state index < -0.39 is 0 Å². The van der Waals surface area contributed by atoms with Crippen LogP contribution in [-0.4, -0.2) is 0 Å². The molecule has 0 aliphatic carbocycles. The quantitative estimate of drug-likeness (QED) is 0.367. The minimum atomic E-state index is 1.22. The molecule has 0 saturated heterocycles. The van der Waals surface area contributed by atoms with Crippen LogP contribution in [0.4, 0.5) is 0 Å². The van der Waals surface area contributed by atoms with Gasteiger partial charge in [-0.25, -0.2) is 0 Å². The van der Waals surface area contributed by atoms with E-state index in [2.05, 4.69) is 110 Å². The van der Waals surface area contributed by atoms with Crippen LogP contribution in [0.25, 0.3) is 22.4 Å². The fraction of sp³-hybridized carbons (Fsp3) is 0.0400. The second-order valence-corrected chi connectivity index (χ2v) is 6.40. The molecular formula is C25H20. The van der Waals surface area contributed by atoms with Gasteiger partial charge in [-0.1, -0.05) is 96.6 Å². The van der Waals surface area contributed by atoms with Crippen molar-refractivity contribution in [1.82, 2.24) is 0 Å². The minimum absolute atomic E-state index is 1.22. The molecule has 0 heteroatoms. The number of hydrogen-bond acceptors (Lipinski definition) is 0. The Morgan fingerprint density at radius 3 is 1.80 bits per heavy atom. The number of benzene rings is 4. The first-order valence-electron chi connectivity index (χ1n) is 8.62. The Labute approximate surface area is 149 Å². The highest BCUT2D eigenvalue weighted by Gasteiger charge is 2.05. The van der Waals surface area contributed by atoms with E-state index in [0.29, 0.717) is 0 Å². The molecule has 0 spiro atoms. The molecule has 0 radical (unpaired) electrons. The van der Waals surface area contributed by atoms with E-state index in [4.69, 9.17) is 0 Å². The van der Waals surface area contributed by atoms with Crippen LogP contribution in [0.15, 0.2) is 97.1 Å². The lowest BCUT2D eigenvalue weighted by Gasteiger charge is -2.09. The second-order valence-electron chi connectivity index (χ2n) is 6.40. The zero-order valence-corrected chi connectivity index (χ0v) is 14.3. The molecule has 0 N–H and O–H groups in total. The van der Waals surface area contributed by atoms with E-state index in [1.165, 1.54) is 38.6 Å². The molecule has 0 heterocycles. The molecule has 0 fully saturated rings. The molecule has 4 aromatic rings. The molecule has 0 bridgehead atoms. The number of fused-ring (bicyclic) bond motifs is 1. The lowest BCUT2D eigenvalue weighted by Crippen LogP contribution is -1.88. The summed E-state index contributed by atoms with van der Waals surface area (Å²) in [4.78, 5) is 0. The molecule has 0 aliphatic rings. The molecule has 0 saturated carbocycles. The van der Waals surface area contributed by atoms with Gasteiger partial charge in [-0.15, -0.1) is 0 Å². The van der Waals surface area contributed by atoms with Crippen molar-refractivity contribution in [3.8, 4) is 0 Å². The Hall–Kier alpha value is -3.12. The highest BCUT2D eigenvalue weighted by Crippen LogP contribution is 2.27. The van der Waals surface area contributed by atoms with Crippen molar-refractivity contribution in [2.75, 3.05) is 0 Å². The summed E-state index contributed by atoms with van der Waals surface area (Å²) in [7, 11) is 0. The zero-order chi connectivity index (χ0) is 17.1. The summed E-state index contributed by atoms with van der Waals surface area (Å²) in [6, 6.07) is 34.5. The minimum Gasteiger partial charge on any atom is -0.0622 e. The van der Waals surface area contributed by atoms with Crippen molar-refractivity contribution in [3.05, 3.63) is 119 Å². The molecule has 0 aliphatic heterocycles. The fourth-order valence-corrected chi connectivity index (χ4v) is 3.21. The van der Waals surface area contributed by atoms with Crippen LogP contribution in [0.5, 0.6) is 0 Å². The van der Waals surface area contributed by atoms with Gasteiger partial charge < -0.3 is 0 Å². The SMILES string of the molecule is Cc1ccc2cc(C=C(c3ccccc3)c3ccccc3)ccc2c1. The van der Waals surface area contributed by atoms with Crippen molar-refractivity contribution in [1.29, 1.82) is 0 Å². The van der Waals surface area contributed by atoms with Crippen LogP contribution in [-0.2, 0) is 0 Å². The van der Waals surface area contributed by atoms with Gasteiger partial charge in [0.15, 0.2) is 0 Å². The highest BCUT2D eigenvalue weighted by atomic mass is 14.1. The molecule has 0 aromatic heterocycles. The Morgan fingerprint density at radius 1 is 0.600 bits per heavy atom. The molecule has 0 amide bonds. The summed E-state index contributed by atoms with van der Waals surface area (Å²) in [5.41, 5.74) is 6.23. The van der Waals surface area contributed by atoms with Crippen molar-refractivity contribution in [2.24, 2.45) is 0 Å². The third-order valence-electron chi connectivity index (χ3n) is 4.50. The van der Waals surface area contributed by atoms with E-state index in [1.807, 2.05) is 0 Å². The molecule has 0 unspecified atom stereocenters. The first kappa shape index (κ1) is 15.4. The predicted molar refractivity (Wildman–Crippen MR) is 109 cm³/mol. The monoisotopic (exact) mass is 320 g/mol. The number of rotatable bonds is 3. The van der Waals surface area contributed by atoms with Gasteiger partial charge in [0.1, 0.15) is 0 Å². The Morgan fingerprint density at radius 2 is 1.16 bits per heavy atom. The van der Waals surface area contributed by atoms with Gasteiger partial charge in [0.25, 0.3) is 0 Å². The van der Waals surface area contributed by atoms with E-state index in [-0.39, 0.29) is 0 Å². The lowest BCUT2D eigenvalue weighted by atomic mass is 9.95. The normalized spacial score (nSPS) is 10.6. The van der Waals surface area contributed by atoms with Crippen LogP contribution in [0.2, 0.25) is 0 Å². The van der Waals surface area contributed by atoms with E-state index in [9.17, 15) is 0 Å². The Bertz CT molecular complexity index is 984. The fourth-order valence-electron chi connectivity index (χ4n) is 3.21. The van der Waals surface area contributed by atoms with Crippen LogP contribution < -0.4 is 0 Å². The van der Waals surface area contributed by atoms with Gasteiger partial charge in [0.05, 0.1) is 0 Å². The predicted octanol–water partition coefficient (Wildman–Crippen LogP) is 6.74. The summed E-state index contributed by atoms with van der Waals surface area (Å²) in [5, 5.41) is 2.57. The van der Waals surface area contributed by atoms with Gasteiger partial charge in [0, 0.05) is 0 Å². The number of hydrogen-bond donors (Lipinski definition) is 0. The molecule has 0 atom stereocenters. The third-order valence-corrected chi connectivity index (χ3v) is 4.50. The molecule has 4 rings (SSSR count). The molecule has 120 valence electrons. The van der Waals surface area contributed by atoms with Gasteiger partial charge >= 0.3 is 0 Å². The van der Waals surface area contributed by atoms with E-state index in [1.54, 1.807) is 0 Å². The lowest BCUT2D eigenvalue weighted by molar-refractivity contribution is 1.50. The maximum Gasteiger partial charge on any atom is -0.0105 e. The standard InChI is InChI=1S/C25H20/c1-19-12-14-24-17-20(13-15-23(24)16-19)18-25(21-8-4-2-5-9-21)22-10-6-3-7-11-22/h2-18H,1H3. The first-order valence-corrected chi connectivity index (χ1v) is 8.62. The number of aryl methyl sites for hydroxylation is 1. The summed E-state index contributed by atoms with van der Waals surface area (Å²) in [5.74, 6) is 0. The van der Waals surface area contributed by atoms with Crippen molar-refractivity contribution in [3.63, 3.8) is 0 Å². The van der Waals surface area contributed by atoms with Gasteiger partial charge in [0.2, 0.25) is 0 Å². The summed E-state index contributed by atoms with van der Waals surface area (Å²) in [6.07, 6.45) is 2.28. The van der Waals surface area contributed by atoms with Crippen LogP contribution in [0.1, 0.15) is 22.3 Å². The second kappa shape index (κ2) is 6.78. The molecule has 0 nitrogen and oxygen atoms in total. The molecule has 25 heavy (non-hydrogen) atoms. The van der Waals surface area contributed by atoms with Gasteiger partial charge in [-0.2, -0.15) is 0 Å².